The van der Waals surface area contributed by atoms with Crippen molar-refractivity contribution in [3.8, 4) is 0 Å². The summed E-state index contributed by atoms with van der Waals surface area (Å²) in [5.41, 5.74) is 0.972. The zero-order chi connectivity index (χ0) is 16.8. The van der Waals surface area contributed by atoms with Crippen molar-refractivity contribution in [1.82, 2.24) is 10.2 Å². The van der Waals surface area contributed by atoms with E-state index in [0.29, 0.717) is 33.9 Å². The van der Waals surface area contributed by atoms with Crippen LogP contribution < -0.4 is 5.32 Å². The van der Waals surface area contributed by atoms with E-state index in [1.807, 2.05) is 6.07 Å². The number of anilines is 1. The van der Waals surface area contributed by atoms with Gasteiger partial charge in [0.15, 0.2) is 4.34 Å². The molecule has 8 heteroatoms. The summed E-state index contributed by atoms with van der Waals surface area (Å²) >= 11 is 14.9. The molecule has 0 saturated carbocycles. The maximum atomic E-state index is 12.0. The maximum Gasteiger partial charge on any atom is 0.226 e. The molecule has 0 fully saturated rings. The average molecular weight is 390 g/mol. The Bertz CT molecular complexity index is 676. The van der Waals surface area contributed by atoms with Gasteiger partial charge in [-0.25, -0.2) is 0 Å². The maximum absolute atomic E-state index is 12.0. The van der Waals surface area contributed by atoms with Crippen LogP contribution in [0.2, 0.25) is 10.0 Å². The van der Waals surface area contributed by atoms with Crippen LogP contribution in [-0.2, 0) is 11.2 Å². The van der Waals surface area contributed by atoms with Crippen LogP contribution in [0.4, 0.5) is 5.13 Å². The van der Waals surface area contributed by atoms with Crippen LogP contribution in [0.15, 0.2) is 22.5 Å². The van der Waals surface area contributed by atoms with Gasteiger partial charge in [0.25, 0.3) is 0 Å². The van der Waals surface area contributed by atoms with Crippen molar-refractivity contribution in [3.63, 3.8) is 0 Å². The molecule has 1 aromatic carbocycles. The summed E-state index contributed by atoms with van der Waals surface area (Å²) in [6, 6.07) is 5.38. The minimum Gasteiger partial charge on any atom is -0.300 e. The van der Waals surface area contributed by atoms with E-state index in [-0.39, 0.29) is 5.91 Å². The van der Waals surface area contributed by atoms with Crippen LogP contribution in [0.3, 0.4) is 0 Å². The largest absolute Gasteiger partial charge is 0.300 e. The van der Waals surface area contributed by atoms with Crippen LogP contribution in [0, 0.1) is 5.92 Å². The number of hydrogen-bond donors (Lipinski definition) is 1. The molecule has 1 heterocycles. The molecule has 0 unspecified atom stereocenters. The lowest BCUT2D eigenvalue weighted by Crippen LogP contribution is -2.12. The minimum absolute atomic E-state index is 0.0902. The predicted octanol–water partition coefficient (Wildman–Crippen LogP) is 5.16. The first-order valence-corrected chi connectivity index (χ1v) is 9.70. The number of hydrogen-bond acceptors (Lipinski definition) is 5. The third kappa shape index (κ3) is 6.30. The van der Waals surface area contributed by atoms with Gasteiger partial charge in [-0.2, -0.15) is 0 Å². The van der Waals surface area contributed by atoms with Gasteiger partial charge >= 0.3 is 0 Å². The first kappa shape index (κ1) is 18.5. The number of aryl methyl sites for hydroxylation is 1. The molecule has 4 nitrogen and oxygen atoms in total. The van der Waals surface area contributed by atoms with Crippen molar-refractivity contribution in [2.45, 2.75) is 31.0 Å². The third-order valence-corrected chi connectivity index (χ3v) is 5.96. The summed E-state index contributed by atoms with van der Waals surface area (Å²) in [7, 11) is 0. The van der Waals surface area contributed by atoms with E-state index in [9.17, 15) is 4.79 Å². The standard InChI is InChI=1S/C15H17Cl2N3OS2/c1-9(2)8-22-15-20-19-14(23-15)18-13(21)6-4-10-3-5-11(16)12(17)7-10/h3,5,7,9H,4,6,8H2,1-2H3,(H,18,19,21). The van der Waals surface area contributed by atoms with E-state index in [4.69, 9.17) is 23.2 Å². The zero-order valence-electron chi connectivity index (χ0n) is 12.8. The van der Waals surface area contributed by atoms with Crippen LogP contribution in [-0.4, -0.2) is 21.9 Å². The monoisotopic (exact) mass is 389 g/mol. The number of carbonyl (C=O) groups excluding carboxylic acids is 1. The molecule has 0 bridgehead atoms. The molecule has 2 rings (SSSR count). The van der Waals surface area contributed by atoms with Crippen LogP contribution in [0.5, 0.6) is 0 Å². The Hall–Kier alpha value is -0.820. The summed E-state index contributed by atoms with van der Waals surface area (Å²) in [4.78, 5) is 12.0. The van der Waals surface area contributed by atoms with E-state index >= 15 is 0 Å². The Morgan fingerprint density at radius 1 is 1.30 bits per heavy atom. The minimum atomic E-state index is -0.0902. The number of thioether (sulfide) groups is 1. The van der Waals surface area contributed by atoms with E-state index in [1.54, 1.807) is 23.9 Å². The highest BCUT2D eigenvalue weighted by Crippen LogP contribution is 2.27. The van der Waals surface area contributed by atoms with E-state index in [1.165, 1.54) is 11.3 Å². The summed E-state index contributed by atoms with van der Waals surface area (Å²) in [6.07, 6.45) is 0.947. The molecule has 1 aromatic heterocycles. The Morgan fingerprint density at radius 2 is 2.09 bits per heavy atom. The Kier molecular flexibility index (Phi) is 7.14. The van der Waals surface area contributed by atoms with Gasteiger partial charge in [-0.05, 0) is 30.0 Å². The molecule has 1 amide bonds. The molecule has 0 saturated heterocycles. The zero-order valence-corrected chi connectivity index (χ0v) is 16.0. The van der Waals surface area contributed by atoms with Crippen molar-refractivity contribution in [2.75, 3.05) is 11.1 Å². The number of nitrogens with zero attached hydrogens (tertiary/aromatic N) is 2. The normalized spacial score (nSPS) is 11.0. The van der Waals surface area contributed by atoms with Crippen LogP contribution in [0.25, 0.3) is 0 Å². The fraction of sp³-hybridized carbons (Fsp3) is 0.400. The molecule has 0 atom stereocenters. The van der Waals surface area contributed by atoms with E-state index in [2.05, 4.69) is 29.4 Å². The summed E-state index contributed by atoms with van der Waals surface area (Å²) < 4.78 is 0.874. The molecular weight excluding hydrogens is 373 g/mol. The number of rotatable bonds is 7. The quantitative estimate of drug-likeness (QED) is 0.524. The van der Waals surface area contributed by atoms with E-state index < -0.39 is 0 Å². The van der Waals surface area contributed by atoms with Gasteiger partial charge in [-0.15, -0.1) is 10.2 Å². The molecule has 23 heavy (non-hydrogen) atoms. The fourth-order valence-corrected chi connectivity index (χ4v) is 3.76. The molecule has 2 aromatic rings. The van der Waals surface area contributed by atoms with Gasteiger partial charge in [0.05, 0.1) is 10.0 Å². The Morgan fingerprint density at radius 3 is 2.78 bits per heavy atom. The van der Waals surface area contributed by atoms with Crippen LogP contribution in [0.1, 0.15) is 25.8 Å². The van der Waals surface area contributed by atoms with Gasteiger partial charge in [0, 0.05) is 12.2 Å². The van der Waals surface area contributed by atoms with Crippen molar-refractivity contribution >= 4 is 57.3 Å². The number of carbonyl (C=O) groups is 1. The lowest BCUT2D eigenvalue weighted by molar-refractivity contribution is -0.116. The van der Waals surface area contributed by atoms with Crippen molar-refractivity contribution in [2.24, 2.45) is 5.92 Å². The van der Waals surface area contributed by atoms with Crippen molar-refractivity contribution in [1.29, 1.82) is 0 Å². The third-order valence-electron chi connectivity index (χ3n) is 2.82. The molecule has 0 spiro atoms. The predicted molar refractivity (Wildman–Crippen MR) is 98.9 cm³/mol. The first-order valence-electron chi connectivity index (χ1n) is 7.14. The van der Waals surface area contributed by atoms with Crippen LogP contribution >= 0.6 is 46.3 Å². The summed E-state index contributed by atoms with van der Waals surface area (Å²) in [5, 5.41) is 12.4. The van der Waals surface area contributed by atoms with Gasteiger partial charge in [0.1, 0.15) is 0 Å². The lowest BCUT2D eigenvalue weighted by atomic mass is 10.1. The second-order valence-corrected chi connectivity index (χ2v) is 8.43. The molecule has 0 radical (unpaired) electrons. The Balaban J connectivity index is 1.81. The summed E-state index contributed by atoms with van der Waals surface area (Å²) in [6.45, 7) is 4.31. The average Bonchev–Trinajstić information content (AvgIpc) is 2.94. The second kappa shape index (κ2) is 8.87. The van der Waals surface area contributed by atoms with Crippen molar-refractivity contribution < 1.29 is 4.79 Å². The van der Waals surface area contributed by atoms with Gasteiger partial charge in [0.2, 0.25) is 11.0 Å². The van der Waals surface area contributed by atoms with Gasteiger partial charge in [-0.3, -0.25) is 4.79 Å². The molecule has 0 aliphatic rings. The number of aromatic nitrogens is 2. The molecule has 1 N–H and O–H groups in total. The van der Waals surface area contributed by atoms with Gasteiger partial charge < -0.3 is 5.32 Å². The molecule has 0 aliphatic carbocycles. The highest BCUT2D eigenvalue weighted by molar-refractivity contribution is 8.01. The molecular formula is C15H17Cl2N3OS2. The summed E-state index contributed by atoms with van der Waals surface area (Å²) in [5.74, 6) is 1.49. The molecule has 124 valence electrons. The number of nitrogens with one attached hydrogen (secondary N) is 1. The number of amides is 1. The first-order chi connectivity index (χ1) is 10.9. The highest BCUT2D eigenvalue weighted by Gasteiger charge is 2.10. The number of benzene rings is 1. The Labute approximate surface area is 154 Å². The van der Waals surface area contributed by atoms with E-state index in [0.717, 1.165) is 15.7 Å². The smallest absolute Gasteiger partial charge is 0.226 e. The SMILES string of the molecule is CC(C)CSc1nnc(NC(=O)CCc2ccc(Cl)c(Cl)c2)s1. The highest BCUT2D eigenvalue weighted by atomic mass is 35.5. The second-order valence-electron chi connectivity index (χ2n) is 5.37. The fourth-order valence-electron chi connectivity index (χ4n) is 1.69. The van der Waals surface area contributed by atoms with Gasteiger partial charge in [-0.1, -0.05) is 66.2 Å². The number of halogens is 2. The lowest BCUT2D eigenvalue weighted by Gasteiger charge is -2.03. The van der Waals surface area contributed by atoms with Crippen molar-refractivity contribution in [3.05, 3.63) is 33.8 Å². The molecule has 0 aliphatic heterocycles. The topological polar surface area (TPSA) is 54.9 Å².